The molecule has 1 aliphatic rings. The highest BCUT2D eigenvalue weighted by Gasteiger charge is 2.22. The third-order valence-electron chi connectivity index (χ3n) is 1.43. The molecule has 0 aliphatic carbocycles. The van der Waals surface area contributed by atoms with E-state index < -0.39 is 0 Å². The van der Waals surface area contributed by atoms with Crippen LogP contribution in [0.15, 0.2) is 0 Å². The van der Waals surface area contributed by atoms with E-state index in [0.29, 0.717) is 6.10 Å². The van der Waals surface area contributed by atoms with E-state index in [4.69, 9.17) is 4.74 Å². The number of hydrogen-bond acceptors (Lipinski definition) is 2. The van der Waals surface area contributed by atoms with Crippen LogP contribution in [0, 0.1) is 0 Å². The van der Waals surface area contributed by atoms with Crippen LogP contribution in [0.4, 0.5) is 0 Å². The van der Waals surface area contributed by atoms with Crippen molar-refractivity contribution in [3.63, 3.8) is 0 Å². The minimum Gasteiger partial charge on any atom is -0.376 e. The summed E-state index contributed by atoms with van der Waals surface area (Å²) in [6.45, 7) is 5.14. The topological polar surface area (TPSA) is 12.5 Å². The van der Waals surface area contributed by atoms with E-state index in [2.05, 4.69) is 11.9 Å². The molecule has 0 aromatic carbocycles. The van der Waals surface area contributed by atoms with Crippen molar-refractivity contribution in [1.82, 2.24) is 4.90 Å². The van der Waals surface area contributed by atoms with Crippen molar-refractivity contribution in [2.24, 2.45) is 0 Å². The van der Waals surface area contributed by atoms with Crippen LogP contribution in [0.1, 0.15) is 6.92 Å². The first-order chi connectivity index (χ1) is 3.83. The summed E-state index contributed by atoms with van der Waals surface area (Å²) < 4.78 is 5.31. The second kappa shape index (κ2) is 2.46. The average Bonchev–Trinajstić information content (AvgIpc) is 1.64. The van der Waals surface area contributed by atoms with Crippen LogP contribution >= 0.6 is 0 Å². The maximum absolute atomic E-state index is 5.31. The van der Waals surface area contributed by atoms with Crippen molar-refractivity contribution in [1.29, 1.82) is 0 Å². The molecule has 0 saturated carbocycles. The van der Waals surface area contributed by atoms with Crippen molar-refractivity contribution in [3.8, 4) is 0 Å². The standard InChI is InChI=1S/C6H13NO/c1-3-8-6-4-7(2)5-6/h6H,3-5H2,1-2H3. The Labute approximate surface area is 50.4 Å². The molecule has 1 rings (SSSR count). The van der Waals surface area contributed by atoms with Gasteiger partial charge in [-0.25, -0.2) is 0 Å². The predicted molar refractivity (Wildman–Crippen MR) is 32.9 cm³/mol. The molecular formula is C6H13NO. The molecule has 1 fully saturated rings. The normalized spacial score (nSPS) is 23.2. The van der Waals surface area contributed by atoms with Gasteiger partial charge >= 0.3 is 0 Å². The quantitative estimate of drug-likeness (QED) is 0.514. The fraction of sp³-hybridized carbons (Fsp3) is 1.00. The third kappa shape index (κ3) is 1.20. The second-order valence-electron chi connectivity index (χ2n) is 2.30. The Kier molecular flexibility index (Phi) is 1.86. The Morgan fingerprint density at radius 2 is 2.25 bits per heavy atom. The second-order valence-corrected chi connectivity index (χ2v) is 2.30. The highest BCUT2D eigenvalue weighted by atomic mass is 16.5. The van der Waals surface area contributed by atoms with E-state index in [1.807, 2.05) is 6.92 Å². The van der Waals surface area contributed by atoms with Gasteiger partial charge in [-0.3, -0.25) is 0 Å². The molecule has 1 aliphatic heterocycles. The molecule has 1 saturated heterocycles. The van der Waals surface area contributed by atoms with Crippen molar-refractivity contribution in [2.75, 3.05) is 26.7 Å². The summed E-state index contributed by atoms with van der Waals surface area (Å²) in [5.41, 5.74) is 0. The third-order valence-corrected chi connectivity index (χ3v) is 1.43. The minimum atomic E-state index is 0.532. The summed E-state index contributed by atoms with van der Waals surface area (Å²) in [4.78, 5) is 2.25. The van der Waals surface area contributed by atoms with E-state index in [9.17, 15) is 0 Å². The molecule has 0 atom stereocenters. The van der Waals surface area contributed by atoms with Crippen LogP contribution < -0.4 is 0 Å². The number of likely N-dealkylation sites (N-methyl/N-ethyl adjacent to an activating group) is 1. The highest BCUT2D eigenvalue weighted by Crippen LogP contribution is 2.06. The van der Waals surface area contributed by atoms with Gasteiger partial charge in [0.15, 0.2) is 0 Å². The number of ether oxygens (including phenoxy) is 1. The summed E-state index contributed by atoms with van der Waals surface area (Å²) in [5, 5.41) is 0. The lowest BCUT2D eigenvalue weighted by atomic mass is 10.2. The number of likely N-dealkylation sites (tertiary alicyclic amines) is 1. The van der Waals surface area contributed by atoms with Gasteiger partial charge in [0.2, 0.25) is 0 Å². The smallest absolute Gasteiger partial charge is 0.0828 e. The molecule has 0 amide bonds. The SMILES string of the molecule is CCOC1CN(C)C1. The number of hydrogen-bond donors (Lipinski definition) is 0. The van der Waals surface area contributed by atoms with Gasteiger partial charge < -0.3 is 9.64 Å². The van der Waals surface area contributed by atoms with E-state index in [-0.39, 0.29) is 0 Å². The van der Waals surface area contributed by atoms with Gasteiger partial charge in [0, 0.05) is 19.7 Å². The summed E-state index contributed by atoms with van der Waals surface area (Å²) in [6, 6.07) is 0. The van der Waals surface area contributed by atoms with Crippen molar-refractivity contribution < 1.29 is 4.74 Å². The van der Waals surface area contributed by atoms with E-state index in [1.165, 1.54) is 0 Å². The Morgan fingerprint density at radius 3 is 2.62 bits per heavy atom. The van der Waals surface area contributed by atoms with E-state index in [1.54, 1.807) is 0 Å². The average molecular weight is 115 g/mol. The molecule has 0 radical (unpaired) electrons. The largest absolute Gasteiger partial charge is 0.376 e. The van der Waals surface area contributed by atoms with Crippen LogP contribution in [0.2, 0.25) is 0 Å². The van der Waals surface area contributed by atoms with E-state index in [0.717, 1.165) is 19.7 Å². The van der Waals surface area contributed by atoms with Gasteiger partial charge in [0.1, 0.15) is 0 Å². The van der Waals surface area contributed by atoms with Gasteiger partial charge in [0.05, 0.1) is 6.10 Å². The van der Waals surface area contributed by atoms with Crippen LogP contribution in [-0.4, -0.2) is 37.7 Å². The Morgan fingerprint density at radius 1 is 1.62 bits per heavy atom. The molecular weight excluding hydrogens is 102 g/mol. The van der Waals surface area contributed by atoms with Crippen molar-refractivity contribution >= 4 is 0 Å². The molecule has 0 bridgehead atoms. The molecule has 2 heteroatoms. The lowest BCUT2D eigenvalue weighted by Crippen LogP contribution is -2.49. The number of rotatable bonds is 2. The van der Waals surface area contributed by atoms with Gasteiger partial charge in [0.25, 0.3) is 0 Å². The molecule has 0 aromatic heterocycles. The van der Waals surface area contributed by atoms with Crippen molar-refractivity contribution in [2.45, 2.75) is 13.0 Å². The Hall–Kier alpha value is -0.0800. The fourth-order valence-electron chi connectivity index (χ4n) is 0.983. The zero-order chi connectivity index (χ0) is 5.98. The lowest BCUT2D eigenvalue weighted by Gasteiger charge is -2.35. The molecule has 0 unspecified atom stereocenters. The lowest BCUT2D eigenvalue weighted by molar-refractivity contribution is -0.0377. The zero-order valence-electron chi connectivity index (χ0n) is 5.55. The molecule has 2 nitrogen and oxygen atoms in total. The van der Waals surface area contributed by atoms with Crippen LogP contribution in [0.3, 0.4) is 0 Å². The first kappa shape index (κ1) is 6.05. The molecule has 0 spiro atoms. The fourth-order valence-corrected chi connectivity index (χ4v) is 0.983. The van der Waals surface area contributed by atoms with Gasteiger partial charge in [-0.15, -0.1) is 0 Å². The summed E-state index contributed by atoms with van der Waals surface area (Å²) in [7, 11) is 2.11. The minimum absolute atomic E-state index is 0.532. The molecule has 1 heterocycles. The monoisotopic (exact) mass is 115 g/mol. The van der Waals surface area contributed by atoms with Crippen molar-refractivity contribution in [3.05, 3.63) is 0 Å². The van der Waals surface area contributed by atoms with Crippen LogP contribution in [-0.2, 0) is 4.74 Å². The summed E-state index contributed by atoms with van der Waals surface area (Å²) >= 11 is 0. The van der Waals surface area contributed by atoms with Gasteiger partial charge in [-0.1, -0.05) is 0 Å². The Bertz CT molecular complexity index is 66.2. The number of nitrogens with zero attached hydrogens (tertiary/aromatic N) is 1. The highest BCUT2D eigenvalue weighted by molar-refractivity contribution is 4.76. The predicted octanol–water partition coefficient (Wildman–Crippen LogP) is 0.337. The molecule has 8 heavy (non-hydrogen) atoms. The van der Waals surface area contributed by atoms with Crippen LogP contribution in [0.25, 0.3) is 0 Å². The first-order valence-electron chi connectivity index (χ1n) is 3.13. The maximum atomic E-state index is 5.31. The van der Waals surface area contributed by atoms with Gasteiger partial charge in [-0.05, 0) is 14.0 Å². The maximum Gasteiger partial charge on any atom is 0.0828 e. The summed E-state index contributed by atoms with van der Waals surface area (Å²) in [5.74, 6) is 0. The Balaban J connectivity index is 1.98. The summed E-state index contributed by atoms with van der Waals surface area (Å²) in [6.07, 6.45) is 0.532. The van der Waals surface area contributed by atoms with Crippen LogP contribution in [0.5, 0.6) is 0 Å². The molecule has 0 N–H and O–H groups in total. The molecule has 48 valence electrons. The first-order valence-corrected chi connectivity index (χ1v) is 3.13. The van der Waals surface area contributed by atoms with Gasteiger partial charge in [-0.2, -0.15) is 0 Å². The molecule has 0 aromatic rings. The van der Waals surface area contributed by atoms with E-state index >= 15 is 0 Å². The zero-order valence-corrected chi connectivity index (χ0v) is 5.55.